The molecule has 0 amide bonds. The highest BCUT2D eigenvalue weighted by Gasteiger charge is 2.43. The summed E-state index contributed by atoms with van der Waals surface area (Å²) < 4.78 is 19.6. The first kappa shape index (κ1) is 32.4. The van der Waals surface area contributed by atoms with E-state index in [0.717, 1.165) is 19.3 Å². The topological polar surface area (TPSA) is 149 Å². The summed E-state index contributed by atoms with van der Waals surface area (Å²) in [4.78, 5) is 35.9. The molecule has 3 N–H and O–H groups in total. The van der Waals surface area contributed by atoms with Gasteiger partial charge in [-0.3, -0.25) is 9.59 Å². The number of aliphatic hydroxyl groups is 3. The number of ether oxygens (including phenoxy) is 4. The molecular formula is C22H42O10. The lowest BCUT2D eigenvalue weighted by Crippen LogP contribution is -2.45. The molecule has 0 unspecified atom stereocenters. The van der Waals surface area contributed by atoms with Crippen LogP contribution in [0.2, 0.25) is 0 Å². The van der Waals surface area contributed by atoms with E-state index in [1.807, 2.05) is 20.8 Å². The van der Waals surface area contributed by atoms with E-state index in [1.165, 1.54) is 0 Å². The second-order valence-electron chi connectivity index (χ2n) is 7.08. The fraction of sp³-hybridized carbons (Fsp3) is 0.864. The lowest BCUT2D eigenvalue weighted by molar-refractivity contribution is -0.178. The quantitative estimate of drug-likeness (QED) is 0.154. The Labute approximate surface area is 191 Å². The Hall–Kier alpha value is -1.75. The van der Waals surface area contributed by atoms with E-state index >= 15 is 0 Å². The van der Waals surface area contributed by atoms with Crippen LogP contribution in [0.5, 0.6) is 0 Å². The van der Waals surface area contributed by atoms with Gasteiger partial charge in [-0.05, 0) is 19.3 Å². The molecule has 10 nitrogen and oxygen atoms in total. The third kappa shape index (κ3) is 19.0. The first-order chi connectivity index (χ1) is 15.3. The van der Waals surface area contributed by atoms with Gasteiger partial charge in [0.2, 0.25) is 0 Å². The van der Waals surface area contributed by atoms with Gasteiger partial charge in [0, 0.05) is 0 Å². The monoisotopic (exact) mass is 466 g/mol. The minimum atomic E-state index is -2.26. The Morgan fingerprint density at radius 1 is 0.656 bits per heavy atom. The number of rotatable bonds is 18. The number of aliphatic hydroxyl groups excluding tert-OH is 2. The summed E-state index contributed by atoms with van der Waals surface area (Å²) in [5.41, 5.74) is -2.26. The van der Waals surface area contributed by atoms with Crippen LogP contribution in [0, 0.1) is 0 Å². The van der Waals surface area contributed by atoms with E-state index < -0.39 is 36.4 Å². The van der Waals surface area contributed by atoms with Crippen LogP contribution in [0.3, 0.4) is 0 Å². The molecule has 0 saturated carbocycles. The lowest BCUT2D eigenvalue weighted by atomic mass is 9.95. The Morgan fingerprint density at radius 2 is 1.03 bits per heavy atom. The van der Waals surface area contributed by atoms with E-state index in [0.29, 0.717) is 32.5 Å². The third-order valence-electron chi connectivity index (χ3n) is 3.98. The first-order valence-electron chi connectivity index (χ1n) is 11.3. The number of carbonyl (C=O) groups excluding carboxylic acids is 3. The Balaban J connectivity index is 0. The van der Waals surface area contributed by atoms with Crippen LogP contribution in [0.15, 0.2) is 0 Å². The van der Waals surface area contributed by atoms with Gasteiger partial charge in [-0.25, -0.2) is 4.79 Å². The Kier molecular flexibility index (Phi) is 22.7. The minimum absolute atomic E-state index is 0.0278. The predicted octanol–water partition coefficient (Wildman–Crippen LogP) is 1.52. The molecule has 10 heteroatoms. The molecule has 0 atom stereocenters. The molecule has 0 aliphatic heterocycles. The third-order valence-corrected chi connectivity index (χ3v) is 3.98. The standard InChI is InChI=1S/C18H32O7.C4H10O3/c1-4-7-10-23-15(19)13-18(22,17(21)25-12-9-6-3)14-16(20)24-11-8-5-2;5-1-3-7-4-2-6/h22H,4-14H2,1-3H3;5-6H,1-4H2. The van der Waals surface area contributed by atoms with E-state index in [4.69, 9.17) is 24.4 Å². The summed E-state index contributed by atoms with van der Waals surface area (Å²) in [5.74, 6) is -2.49. The molecule has 0 heterocycles. The number of esters is 3. The van der Waals surface area contributed by atoms with Crippen molar-refractivity contribution in [2.45, 2.75) is 77.7 Å². The summed E-state index contributed by atoms with van der Waals surface area (Å²) in [6, 6.07) is 0. The molecule has 0 radical (unpaired) electrons. The smallest absolute Gasteiger partial charge is 0.339 e. The van der Waals surface area contributed by atoms with Crippen molar-refractivity contribution in [2.75, 3.05) is 46.2 Å². The van der Waals surface area contributed by atoms with Gasteiger partial charge in [0.15, 0.2) is 5.60 Å². The van der Waals surface area contributed by atoms with Crippen molar-refractivity contribution in [3.8, 4) is 0 Å². The summed E-state index contributed by atoms with van der Waals surface area (Å²) in [6.07, 6.45) is 3.23. The molecule has 0 saturated heterocycles. The average Bonchev–Trinajstić information content (AvgIpc) is 2.75. The highest BCUT2D eigenvalue weighted by atomic mass is 16.6. The second kappa shape index (κ2) is 22.4. The van der Waals surface area contributed by atoms with Crippen molar-refractivity contribution in [3.63, 3.8) is 0 Å². The molecule has 0 aromatic rings. The van der Waals surface area contributed by atoms with Crippen molar-refractivity contribution in [3.05, 3.63) is 0 Å². The number of unbranched alkanes of at least 4 members (excludes halogenated alkanes) is 3. The van der Waals surface area contributed by atoms with Crippen molar-refractivity contribution in [1.29, 1.82) is 0 Å². The van der Waals surface area contributed by atoms with E-state index in [1.54, 1.807) is 0 Å². The fourth-order valence-electron chi connectivity index (χ4n) is 2.12. The SMILES string of the molecule is CCCCOC(=O)CC(O)(CC(=O)OCCCC)C(=O)OCCCC.OCCOCCO. The minimum Gasteiger partial charge on any atom is -0.466 e. The second-order valence-corrected chi connectivity index (χ2v) is 7.08. The van der Waals surface area contributed by atoms with Crippen LogP contribution in [0.1, 0.15) is 72.1 Å². The number of hydrogen-bond acceptors (Lipinski definition) is 10. The summed E-state index contributed by atoms with van der Waals surface area (Å²) in [7, 11) is 0. The summed E-state index contributed by atoms with van der Waals surface area (Å²) in [5, 5.41) is 26.7. The zero-order chi connectivity index (χ0) is 24.7. The predicted molar refractivity (Wildman–Crippen MR) is 117 cm³/mol. The van der Waals surface area contributed by atoms with Gasteiger partial charge >= 0.3 is 17.9 Å². The molecule has 0 aliphatic carbocycles. The van der Waals surface area contributed by atoms with Crippen LogP contribution in [0.25, 0.3) is 0 Å². The first-order valence-corrected chi connectivity index (χ1v) is 11.3. The molecule has 0 fully saturated rings. The van der Waals surface area contributed by atoms with E-state index in [9.17, 15) is 19.5 Å². The molecule has 0 aliphatic rings. The van der Waals surface area contributed by atoms with Crippen LogP contribution in [-0.2, 0) is 33.3 Å². The van der Waals surface area contributed by atoms with E-state index in [-0.39, 0.29) is 33.0 Å². The zero-order valence-corrected chi connectivity index (χ0v) is 19.8. The largest absolute Gasteiger partial charge is 0.466 e. The zero-order valence-electron chi connectivity index (χ0n) is 19.8. The van der Waals surface area contributed by atoms with Crippen molar-refractivity contribution < 1.29 is 48.7 Å². The maximum atomic E-state index is 12.2. The Morgan fingerprint density at radius 3 is 1.38 bits per heavy atom. The maximum Gasteiger partial charge on any atom is 0.339 e. The Bertz CT molecular complexity index is 453. The van der Waals surface area contributed by atoms with Crippen molar-refractivity contribution in [1.82, 2.24) is 0 Å². The fourth-order valence-corrected chi connectivity index (χ4v) is 2.12. The number of hydrogen-bond donors (Lipinski definition) is 3. The van der Waals surface area contributed by atoms with Gasteiger partial charge < -0.3 is 34.3 Å². The maximum absolute atomic E-state index is 12.2. The van der Waals surface area contributed by atoms with Crippen molar-refractivity contribution in [2.24, 2.45) is 0 Å². The van der Waals surface area contributed by atoms with Gasteiger partial charge in [0.1, 0.15) is 0 Å². The highest BCUT2D eigenvalue weighted by molar-refractivity contribution is 5.90. The molecule has 0 aromatic heterocycles. The molecule has 32 heavy (non-hydrogen) atoms. The molecular weight excluding hydrogens is 424 g/mol. The normalized spacial score (nSPS) is 10.7. The summed E-state index contributed by atoms with van der Waals surface area (Å²) >= 11 is 0. The number of carbonyl (C=O) groups is 3. The van der Waals surface area contributed by atoms with E-state index in [2.05, 4.69) is 4.74 Å². The van der Waals surface area contributed by atoms with Gasteiger partial charge in [0.05, 0.1) is 59.1 Å². The van der Waals surface area contributed by atoms with Gasteiger partial charge in [-0.15, -0.1) is 0 Å². The summed E-state index contributed by atoms with van der Waals surface area (Å²) in [6.45, 7) is 7.04. The van der Waals surface area contributed by atoms with Gasteiger partial charge in [-0.1, -0.05) is 40.0 Å². The van der Waals surface area contributed by atoms with Gasteiger partial charge in [0.25, 0.3) is 0 Å². The van der Waals surface area contributed by atoms with Crippen LogP contribution < -0.4 is 0 Å². The van der Waals surface area contributed by atoms with Crippen LogP contribution >= 0.6 is 0 Å². The molecule has 190 valence electrons. The lowest BCUT2D eigenvalue weighted by Gasteiger charge is -2.24. The highest BCUT2D eigenvalue weighted by Crippen LogP contribution is 2.20. The average molecular weight is 467 g/mol. The van der Waals surface area contributed by atoms with Crippen LogP contribution in [-0.4, -0.2) is 85.1 Å². The molecule has 0 rings (SSSR count). The molecule has 0 spiro atoms. The molecule has 0 bridgehead atoms. The van der Waals surface area contributed by atoms with Gasteiger partial charge in [-0.2, -0.15) is 0 Å². The van der Waals surface area contributed by atoms with Crippen LogP contribution in [0.4, 0.5) is 0 Å². The van der Waals surface area contributed by atoms with Crippen molar-refractivity contribution >= 4 is 17.9 Å². The molecule has 0 aromatic carbocycles.